The Balaban J connectivity index is 1.78. The van der Waals surface area contributed by atoms with Crippen molar-refractivity contribution in [3.63, 3.8) is 0 Å². The van der Waals surface area contributed by atoms with E-state index < -0.39 is 5.91 Å². The van der Waals surface area contributed by atoms with Crippen LogP contribution in [0.15, 0.2) is 24.4 Å². The summed E-state index contributed by atoms with van der Waals surface area (Å²) in [6, 6.07) is 5.25. The molecule has 132 valence electrons. The van der Waals surface area contributed by atoms with Crippen LogP contribution in [0.3, 0.4) is 0 Å². The van der Waals surface area contributed by atoms with E-state index in [1.54, 1.807) is 12.1 Å². The summed E-state index contributed by atoms with van der Waals surface area (Å²) < 4.78 is 1.97. The molecule has 0 bridgehead atoms. The molecule has 1 aliphatic rings. The van der Waals surface area contributed by atoms with Crippen LogP contribution in [0.2, 0.25) is 0 Å². The molecule has 0 aromatic carbocycles. The van der Waals surface area contributed by atoms with E-state index in [0.29, 0.717) is 24.3 Å². The van der Waals surface area contributed by atoms with Crippen molar-refractivity contribution in [2.75, 3.05) is 6.54 Å². The van der Waals surface area contributed by atoms with Crippen LogP contribution < -0.4 is 5.73 Å². The summed E-state index contributed by atoms with van der Waals surface area (Å²) in [5, 5.41) is 4.51. The van der Waals surface area contributed by atoms with Crippen molar-refractivity contribution < 1.29 is 9.59 Å². The molecule has 2 aromatic heterocycles. The number of aromatic nitrogens is 3. The average molecular weight is 341 g/mol. The number of rotatable bonds is 4. The van der Waals surface area contributed by atoms with Crippen LogP contribution in [-0.4, -0.2) is 44.1 Å². The second-order valence-corrected chi connectivity index (χ2v) is 6.55. The van der Waals surface area contributed by atoms with Crippen molar-refractivity contribution in [3.05, 3.63) is 47.0 Å². The molecule has 2 amide bonds. The Morgan fingerprint density at radius 1 is 1.28 bits per heavy atom. The van der Waals surface area contributed by atoms with Crippen LogP contribution in [0.4, 0.5) is 0 Å². The van der Waals surface area contributed by atoms with Crippen molar-refractivity contribution >= 4 is 11.8 Å². The number of pyridine rings is 1. The lowest BCUT2D eigenvalue weighted by Crippen LogP contribution is -2.46. The number of likely N-dealkylation sites (tertiary alicyclic amines) is 1. The first-order valence-electron chi connectivity index (χ1n) is 8.53. The lowest BCUT2D eigenvalue weighted by Gasteiger charge is -2.35. The summed E-state index contributed by atoms with van der Waals surface area (Å²) in [6.45, 7) is 5.39. The number of nitrogens with zero attached hydrogens (tertiary/aromatic N) is 4. The predicted molar refractivity (Wildman–Crippen MR) is 93.1 cm³/mol. The fourth-order valence-corrected chi connectivity index (χ4v) is 3.33. The summed E-state index contributed by atoms with van der Waals surface area (Å²) in [5.41, 5.74) is 7.94. The number of piperidine rings is 1. The second-order valence-electron chi connectivity index (χ2n) is 6.55. The average Bonchev–Trinajstić information content (AvgIpc) is 2.92. The van der Waals surface area contributed by atoms with Crippen molar-refractivity contribution in [1.29, 1.82) is 0 Å². The third-order valence-electron chi connectivity index (χ3n) is 4.64. The second kappa shape index (κ2) is 7.04. The molecule has 1 saturated heterocycles. The zero-order chi connectivity index (χ0) is 18.0. The molecule has 0 radical (unpaired) electrons. The van der Waals surface area contributed by atoms with E-state index >= 15 is 0 Å². The molecule has 2 N–H and O–H groups in total. The highest BCUT2D eigenvalue weighted by molar-refractivity contribution is 5.95. The van der Waals surface area contributed by atoms with Gasteiger partial charge in [-0.1, -0.05) is 0 Å². The van der Waals surface area contributed by atoms with Gasteiger partial charge in [0.05, 0.1) is 23.8 Å². The number of nitrogens with two attached hydrogens (primary N) is 1. The zero-order valence-electron chi connectivity index (χ0n) is 14.6. The monoisotopic (exact) mass is 341 g/mol. The van der Waals surface area contributed by atoms with Gasteiger partial charge >= 0.3 is 0 Å². The normalized spacial score (nSPS) is 17.5. The summed E-state index contributed by atoms with van der Waals surface area (Å²) in [4.78, 5) is 30.0. The van der Waals surface area contributed by atoms with Crippen LogP contribution in [-0.2, 0) is 6.54 Å². The first kappa shape index (κ1) is 17.1. The minimum atomic E-state index is -0.549. The van der Waals surface area contributed by atoms with E-state index in [1.165, 1.54) is 6.20 Å². The predicted octanol–water partition coefficient (Wildman–Crippen LogP) is 1.69. The van der Waals surface area contributed by atoms with Crippen LogP contribution in [0.1, 0.15) is 51.5 Å². The highest BCUT2D eigenvalue weighted by atomic mass is 16.2. The number of amides is 2. The highest BCUT2D eigenvalue weighted by Crippen LogP contribution is 2.21. The van der Waals surface area contributed by atoms with Crippen molar-refractivity contribution in [2.24, 2.45) is 5.73 Å². The standard InChI is InChI=1S/C18H23N5O2/c1-12-9-13(2)23(21-12)11-15-5-3-4-8-22(15)18(25)16-7-6-14(10-20-16)17(19)24/h6-7,9-10,15H,3-5,8,11H2,1-2H3,(H2,19,24). The van der Waals surface area contributed by atoms with Gasteiger partial charge in [-0.2, -0.15) is 5.10 Å². The van der Waals surface area contributed by atoms with Crippen LogP contribution in [0.5, 0.6) is 0 Å². The molecule has 0 aliphatic carbocycles. The molecule has 3 heterocycles. The van der Waals surface area contributed by atoms with Crippen molar-refractivity contribution in [1.82, 2.24) is 19.7 Å². The van der Waals surface area contributed by atoms with Crippen molar-refractivity contribution in [2.45, 2.75) is 45.7 Å². The minimum Gasteiger partial charge on any atom is -0.366 e. The highest BCUT2D eigenvalue weighted by Gasteiger charge is 2.29. The van der Waals surface area contributed by atoms with E-state index in [2.05, 4.69) is 10.1 Å². The molecular formula is C18H23N5O2. The number of hydrogen-bond acceptors (Lipinski definition) is 4. The molecule has 7 heteroatoms. The molecule has 2 aromatic rings. The molecule has 3 rings (SSSR count). The Bertz CT molecular complexity index is 781. The Hall–Kier alpha value is -2.70. The summed E-state index contributed by atoms with van der Waals surface area (Å²) in [5.74, 6) is -0.658. The molecule has 25 heavy (non-hydrogen) atoms. The molecule has 1 fully saturated rings. The third kappa shape index (κ3) is 3.70. The first-order valence-corrected chi connectivity index (χ1v) is 8.53. The summed E-state index contributed by atoms with van der Waals surface area (Å²) >= 11 is 0. The maximum atomic E-state index is 12.9. The van der Waals surface area contributed by atoms with Gasteiger partial charge in [0.25, 0.3) is 5.91 Å². The van der Waals surface area contributed by atoms with E-state index in [-0.39, 0.29) is 11.9 Å². The van der Waals surface area contributed by atoms with E-state index in [9.17, 15) is 9.59 Å². The maximum Gasteiger partial charge on any atom is 0.272 e. The van der Waals surface area contributed by atoms with Gasteiger partial charge in [-0.05, 0) is 51.3 Å². The Morgan fingerprint density at radius 2 is 2.08 bits per heavy atom. The summed E-state index contributed by atoms with van der Waals surface area (Å²) in [7, 11) is 0. The van der Waals surface area contributed by atoms with Gasteiger partial charge in [-0.15, -0.1) is 0 Å². The topological polar surface area (TPSA) is 94.1 Å². The van der Waals surface area contributed by atoms with Crippen LogP contribution >= 0.6 is 0 Å². The van der Waals surface area contributed by atoms with Crippen molar-refractivity contribution in [3.8, 4) is 0 Å². The van der Waals surface area contributed by atoms with Crippen LogP contribution in [0, 0.1) is 13.8 Å². The number of hydrogen-bond donors (Lipinski definition) is 1. The molecule has 1 unspecified atom stereocenters. The molecule has 0 saturated carbocycles. The van der Waals surface area contributed by atoms with Gasteiger partial charge in [0.1, 0.15) is 5.69 Å². The fraction of sp³-hybridized carbons (Fsp3) is 0.444. The molecule has 0 spiro atoms. The van der Waals surface area contributed by atoms with Gasteiger partial charge in [0.15, 0.2) is 0 Å². The number of aryl methyl sites for hydroxylation is 2. The largest absolute Gasteiger partial charge is 0.366 e. The van der Waals surface area contributed by atoms with Crippen LogP contribution in [0.25, 0.3) is 0 Å². The quantitative estimate of drug-likeness (QED) is 0.915. The minimum absolute atomic E-state index is 0.0943. The number of primary amides is 1. The smallest absolute Gasteiger partial charge is 0.272 e. The Labute approximate surface area is 146 Å². The molecular weight excluding hydrogens is 318 g/mol. The fourth-order valence-electron chi connectivity index (χ4n) is 3.33. The van der Waals surface area contributed by atoms with E-state index in [0.717, 1.165) is 30.7 Å². The van der Waals surface area contributed by atoms with Gasteiger partial charge in [-0.3, -0.25) is 19.3 Å². The van der Waals surface area contributed by atoms with E-state index in [1.807, 2.05) is 29.5 Å². The number of carbonyl (C=O) groups is 2. The number of carbonyl (C=O) groups excluding carboxylic acids is 2. The lowest BCUT2D eigenvalue weighted by atomic mass is 10.0. The molecule has 1 atom stereocenters. The Morgan fingerprint density at radius 3 is 2.68 bits per heavy atom. The van der Waals surface area contributed by atoms with Gasteiger partial charge in [-0.25, -0.2) is 0 Å². The SMILES string of the molecule is Cc1cc(C)n(CC2CCCCN2C(=O)c2ccc(C(N)=O)cn2)n1. The van der Waals surface area contributed by atoms with Gasteiger partial charge in [0, 0.05) is 18.4 Å². The van der Waals surface area contributed by atoms with Gasteiger partial charge in [0.2, 0.25) is 5.91 Å². The molecule has 7 nitrogen and oxygen atoms in total. The molecule has 1 aliphatic heterocycles. The third-order valence-corrected chi connectivity index (χ3v) is 4.64. The van der Waals surface area contributed by atoms with Gasteiger partial charge < -0.3 is 10.6 Å². The lowest BCUT2D eigenvalue weighted by molar-refractivity contribution is 0.0576. The Kier molecular flexibility index (Phi) is 4.83. The summed E-state index contributed by atoms with van der Waals surface area (Å²) in [6.07, 6.45) is 4.39. The zero-order valence-corrected chi connectivity index (χ0v) is 14.6. The first-order chi connectivity index (χ1) is 12.0. The maximum absolute atomic E-state index is 12.9. The van der Waals surface area contributed by atoms with E-state index in [4.69, 9.17) is 5.73 Å².